The van der Waals surface area contributed by atoms with Gasteiger partial charge in [0.25, 0.3) is 5.91 Å². The third-order valence-corrected chi connectivity index (χ3v) is 3.90. The fourth-order valence-corrected chi connectivity index (χ4v) is 2.60. The molecule has 26 heavy (non-hydrogen) atoms. The molecule has 0 radical (unpaired) electrons. The number of methoxy groups -OCH3 is 1. The van der Waals surface area contributed by atoms with E-state index in [-0.39, 0.29) is 17.9 Å². The van der Waals surface area contributed by atoms with E-state index >= 15 is 0 Å². The lowest BCUT2D eigenvalue weighted by Crippen LogP contribution is -2.31. The van der Waals surface area contributed by atoms with Crippen LogP contribution in [0.5, 0.6) is 5.75 Å². The number of carboxylic acids is 1. The summed E-state index contributed by atoms with van der Waals surface area (Å²) in [5.41, 5.74) is 1.17. The number of benzene rings is 2. The lowest BCUT2D eigenvalue weighted by Gasteiger charge is -2.23. The highest BCUT2D eigenvalue weighted by atomic mass is 16.5. The van der Waals surface area contributed by atoms with E-state index in [9.17, 15) is 14.7 Å². The summed E-state index contributed by atoms with van der Waals surface area (Å²) < 4.78 is 10.4. The van der Waals surface area contributed by atoms with Crippen LogP contribution >= 0.6 is 0 Å². The first-order chi connectivity index (χ1) is 12.6. The molecule has 2 aromatic carbocycles. The standard InChI is InChI=1S/C20H17NO5/c1-25-15-10-8-14(9-11-15)13-21(19(22)18-7-4-12-26-18)17-6-3-2-5-16(17)20(23)24/h2-12H,13H2,1H3,(H,23,24). The van der Waals surface area contributed by atoms with Gasteiger partial charge in [-0.25, -0.2) is 4.79 Å². The number of aromatic carboxylic acids is 1. The van der Waals surface area contributed by atoms with E-state index < -0.39 is 11.9 Å². The Morgan fingerprint density at radius 2 is 1.77 bits per heavy atom. The maximum atomic E-state index is 12.9. The van der Waals surface area contributed by atoms with Gasteiger partial charge in [0.05, 0.1) is 31.2 Å². The van der Waals surface area contributed by atoms with Crippen LogP contribution in [0, 0.1) is 0 Å². The van der Waals surface area contributed by atoms with Crippen LogP contribution in [0.3, 0.4) is 0 Å². The molecule has 1 aromatic heterocycles. The van der Waals surface area contributed by atoms with Gasteiger partial charge in [0.1, 0.15) is 5.75 Å². The number of nitrogens with zero attached hydrogens (tertiary/aromatic N) is 1. The zero-order valence-corrected chi connectivity index (χ0v) is 14.1. The average molecular weight is 351 g/mol. The summed E-state index contributed by atoms with van der Waals surface area (Å²) >= 11 is 0. The van der Waals surface area contributed by atoms with E-state index in [1.54, 1.807) is 49.6 Å². The van der Waals surface area contributed by atoms with Crippen LogP contribution in [-0.4, -0.2) is 24.1 Å². The fourth-order valence-electron chi connectivity index (χ4n) is 2.60. The number of ether oxygens (including phenoxy) is 1. The number of carbonyl (C=O) groups is 2. The molecule has 0 aliphatic carbocycles. The Morgan fingerprint density at radius 3 is 2.38 bits per heavy atom. The van der Waals surface area contributed by atoms with Crippen molar-refractivity contribution in [1.29, 1.82) is 0 Å². The molecule has 132 valence electrons. The summed E-state index contributed by atoms with van der Waals surface area (Å²) in [6.07, 6.45) is 1.40. The molecule has 1 amide bonds. The fraction of sp³-hybridized carbons (Fsp3) is 0.100. The number of amides is 1. The highest BCUT2D eigenvalue weighted by Crippen LogP contribution is 2.25. The van der Waals surface area contributed by atoms with Crippen LogP contribution in [0.4, 0.5) is 5.69 Å². The number of carbonyl (C=O) groups excluding carboxylic acids is 1. The number of rotatable bonds is 6. The molecule has 0 spiro atoms. The van der Waals surface area contributed by atoms with E-state index in [1.807, 2.05) is 12.1 Å². The quantitative estimate of drug-likeness (QED) is 0.730. The third kappa shape index (κ3) is 3.59. The molecule has 6 heteroatoms. The smallest absolute Gasteiger partial charge is 0.337 e. The number of hydrogen-bond donors (Lipinski definition) is 1. The minimum absolute atomic E-state index is 0.0425. The Kier molecular flexibility index (Phi) is 5.03. The summed E-state index contributed by atoms with van der Waals surface area (Å²) in [4.78, 5) is 25.9. The largest absolute Gasteiger partial charge is 0.497 e. The van der Waals surface area contributed by atoms with Crippen molar-refractivity contribution in [2.24, 2.45) is 0 Å². The van der Waals surface area contributed by atoms with Gasteiger partial charge in [0.2, 0.25) is 0 Å². The van der Waals surface area contributed by atoms with Gasteiger partial charge >= 0.3 is 5.97 Å². The van der Waals surface area contributed by atoms with Crippen LogP contribution in [0.1, 0.15) is 26.5 Å². The average Bonchev–Trinajstić information content (AvgIpc) is 3.21. The molecule has 3 rings (SSSR count). The van der Waals surface area contributed by atoms with Gasteiger partial charge in [-0.2, -0.15) is 0 Å². The molecular weight excluding hydrogens is 334 g/mol. The van der Waals surface area contributed by atoms with Gasteiger partial charge in [0, 0.05) is 0 Å². The molecular formula is C20H17NO5. The molecule has 0 fully saturated rings. The van der Waals surface area contributed by atoms with Crippen LogP contribution in [0.2, 0.25) is 0 Å². The Morgan fingerprint density at radius 1 is 1.04 bits per heavy atom. The molecule has 3 aromatic rings. The Bertz CT molecular complexity index is 900. The number of carboxylic acid groups (broad SMARTS) is 1. The van der Waals surface area contributed by atoms with Gasteiger partial charge < -0.3 is 19.2 Å². The Balaban J connectivity index is 2.02. The number of furan rings is 1. The highest BCUT2D eigenvalue weighted by Gasteiger charge is 2.24. The maximum absolute atomic E-state index is 12.9. The zero-order valence-electron chi connectivity index (χ0n) is 14.1. The molecule has 0 aliphatic heterocycles. The molecule has 1 heterocycles. The molecule has 0 saturated carbocycles. The van der Waals surface area contributed by atoms with Crippen molar-refractivity contribution in [2.45, 2.75) is 6.54 Å². The van der Waals surface area contributed by atoms with Gasteiger partial charge in [-0.15, -0.1) is 0 Å². The van der Waals surface area contributed by atoms with E-state index in [4.69, 9.17) is 9.15 Å². The predicted molar refractivity (Wildman–Crippen MR) is 95.6 cm³/mol. The molecule has 0 saturated heterocycles. The highest BCUT2D eigenvalue weighted by molar-refractivity contribution is 6.07. The van der Waals surface area contributed by atoms with Gasteiger partial charge in [-0.3, -0.25) is 4.79 Å². The molecule has 0 aliphatic rings. The Labute approximate surface area is 150 Å². The molecule has 0 atom stereocenters. The minimum atomic E-state index is -1.10. The molecule has 1 N–H and O–H groups in total. The second kappa shape index (κ2) is 7.57. The van der Waals surface area contributed by atoms with Crippen molar-refractivity contribution in [1.82, 2.24) is 0 Å². The second-order valence-corrected chi connectivity index (χ2v) is 5.54. The van der Waals surface area contributed by atoms with Crippen LogP contribution < -0.4 is 9.64 Å². The number of para-hydroxylation sites is 1. The van der Waals surface area contributed by atoms with Gasteiger partial charge in [-0.05, 0) is 42.0 Å². The summed E-state index contributed by atoms with van der Waals surface area (Å²) in [6, 6.07) is 16.8. The maximum Gasteiger partial charge on any atom is 0.337 e. The van der Waals surface area contributed by atoms with Gasteiger partial charge in [-0.1, -0.05) is 24.3 Å². The topological polar surface area (TPSA) is 80.0 Å². The summed E-state index contributed by atoms with van der Waals surface area (Å²) in [5.74, 6) is -0.686. The lowest BCUT2D eigenvalue weighted by molar-refractivity contribution is 0.0697. The van der Waals surface area contributed by atoms with Gasteiger partial charge in [0.15, 0.2) is 5.76 Å². The van der Waals surface area contributed by atoms with Crippen molar-refractivity contribution >= 4 is 17.6 Å². The first-order valence-corrected chi connectivity index (χ1v) is 7.91. The van der Waals surface area contributed by atoms with Crippen molar-refractivity contribution in [3.05, 3.63) is 83.8 Å². The van der Waals surface area contributed by atoms with Crippen molar-refractivity contribution < 1.29 is 23.8 Å². The summed E-state index contributed by atoms with van der Waals surface area (Å²) in [5, 5.41) is 9.48. The van der Waals surface area contributed by atoms with E-state index in [0.29, 0.717) is 11.4 Å². The zero-order chi connectivity index (χ0) is 18.5. The first kappa shape index (κ1) is 17.3. The van der Waals surface area contributed by atoms with Crippen molar-refractivity contribution in [2.75, 3.05) is 12.0 Å². The van der Waals surface area contributed by atoms with E-state index in [0.717, 1.165) is 5.56 Å². The lowest BCUT2D eigenvalue weighted by atomic mass is 10.1. The minimum Gasteiger partial charge on any atom is -0.497 e. The SMILES string of the molecule is COc1ccc(CN(C(=O)c2ccco2)c2ccccc2C(=O)O)cc1. The normalized spacial score (nSPS) is 10.3. The van der Waals surface area contributed by atoms with Crippen molar-refractivity contribution in [3.8, 4) is 5.75 Å². The van der Waals surface area contributed by atoms with E-state index in [2.05, 4.69) is 0 Å². The Hall–Kier alpha value is -3.54. The van der Waals surface area contributed by atoms with E-state index in [1.165, 1.54) is 17.2 Å². The number of hydrogen-bond acceptors (Lipinski definition) is 4. The summed E-state index contributed by atoms with van der Waals surface area (Å²) in [7, 11) is 1.57. The van der Waals surface area contributed by atoms with Crippen LogP contribution in [0.25, 0.3) is 0 Å². The van der Waals surface area contributed by atoms with Crippen molar-refractivity contribution in [3.63, 3.8) is 0 Å². The third-order valence-electron chi connectivity index (χ3n) is 3.90. The molecule has 0 bridgehead atoms. The second-order valence-electron chi connectivity index (χ2n) is 5.54. The van der Waals surface area contributed by atoms with Crippen LogP contribution in [-0.2, 0) is 6.54 Å². The summed E-state index contributed by atoms with van der Waals surface area (Å²) in [6.45, 7) is 0.188. The molecule has 6 nitrogen and oxygen atoms in total. The molecule has 0 unspecified atom stereocenters. The van der Waals surface area contributed by atoms with Crippen LogP contribution in [0.15, 0.2) is 71.3 Å². The predicted octanol–water partition coefficient (Wildman–Crippen LogP) is 3.83. The first-order valence-electron chi connectivity index (χ1n) is 7.91. The number of anilines is 1. The monoisotopic (exact) mass is 351 g/mol.